The highest BCUT2D eigenvalue weighted by Gasteiger charge is 2.26. The summed E-state index contributed by atoms with van der Waals surface area (Å²) in [5.74, 6) is -0.797. The maximum Gasteiger partial charge on any atom is 0.389 e. The van der Waals surface area contributed by atoms with Gasteiger partial charge in [-0.1, -0.05) is 0 Å². The van der Waals surface area contributed by atoms with Gasteiger partial charge in [0.25, 0.3) is 0 Å². The Labute approximate surface area is 61.2 Å². The minimum atomic E-state index is -4.23. The van der Waals surface area contributed by atoms with Crippen LogP contribution in [-0.4, -0.2) is 17.3 Å². The van der Waals surface area contributed by atoms with Crippen LogP contribution in [0.25, 0.3) is 0 Å². The van der Waals surface area contributed by atoms with Gasteiger partial charge >= 0.3 is 6.18 Å². The average Bonchev–Trinajstić information content (AvgIpc) is 1.85. The fourth-order valence-corrected chi connectivity index (χ4v) is 0.505. The molecule has 3 nitrogen and oxygen atoms in total. The summed E-state index contributed by atoms with van der Waals surface area (Å²) in [6.45, 7) is 0. The number of hydrogen-bond donors (Lipinski definition) is 2. The van der Waals surface area contributed by atoms with Gasteiger partial charge in [-0.15, -0.1) is 0 Å². The fraction of sp³-hybridized carbons (Fsp3) is 0.800. The molecule has 0 aromatic rings. The minimum Gasteiger partial charge on any atom is -0.289 e. The Bertz CT molecular complexity index is 134. The molecular weight excluding hydrogens is 163 g/mol. The zero-order valence-corrected chi connectivity index (χ0v) is 5.61. The first-order chi connectivity index (χ1) is 4.95. The van der Waals surface area contributed by atoms with Gasteiger partial charge in [0.05, 0.1) is 0 Å². The van der Waals surface area contributed by atoms with E-state index in [2.05, 4.69) is 0 Å². The van der Waals surface area contributed by atoms with Crippen LogP contribution in [0.4, 0.5) is 13.2 Å². The third-order valence-corrected chi connectivity index (χ3v) is 0.989. The van der Waals surface area contributed by atoms with E-state index in [9.17, 15) is 18.0 Å². The highest BCUT2D eigenvalue weighted by molar-refractivity contribution is 5.74. The Kier molecular flexibility index (Phi) is 3.88. The lowest BCUT2D eigenvalue weighted by molar-refractivity contribution is -0.139. The van der Waals surface area contributed by atoms with E-state index in [0.29, 0.717) is 0 Å². The van der Waals surface area contributed by atoms with E-state index in [4.69, 9.17) is 5.21 Å². The number of hydroxylamine groups is 1. The third-order valence-electron chi connectivity index (χ3n) is 0.989. The lowest BCUT2D eigenvalue weighted by Gasteiger charge is -2.03. The number of alkyl halides is 3. The summed E-state index contributed by atoms with van der Waals surface area (Å²) in [5, 5.41) is 7.88. The van der Waals surface area contributed by atoms with Gasteiger partial charge < -0.3 is 0 Å². The number of nitrogens with one attached hydrogen (secondary N) is 1. The van der Waals surface area contributed by atoms with Crippen molar-refractivity contribution in [1.29, 1.82) is 0 Å². The topological polar surface area (TPSA) is 49.3 Å². The normalized spacial score (nSPS) is 11.3. The monoisotopic (exact) mass is 171 g/mol. The van der Waals surface area contributed by atoms with Crippen molar-refractivity contribution in [2.24, 2.45) is 0 Å². The summed E-state index contributed by atoms with van der Waals surface area (Å²) in [6, 6.07) is 0. The lowest BCUT2D eigenvalue weighted by Crippen LogP contribution is -2.19. The van der Waals surface area contributed by atoms with Crippen molar-refractivity contribution in [2.75, 3.05) is 0 Å². The number of amides is 1. The van der Waals surface area contributed by atoms with Crippen LogP contribution in [0.1, 0.15) is 19.3 Å². The molecule has 1 amide bonds. The van der Waals surface area contributed by atoms with Crippen LogP contribution >= 0.6 is 0 Å². The van der Waals surface area contributed by atoms with Crippen molar-refractivity contribution in [3.05, 3.63) is 0 Å². The van der Waals surface area contributed by atoms with Gasteiger partial charge in [0, 0.05) is 12.8 Å². The summed E-state index contributed by atoms with van der Waals surface area (Å²) in [5.41, 5.74) is 1.24. The molecule has 0 unspecified atom stereocenters. The summed E-state index contributed by atoms with van der Waals surface area (Å²) in [6.07, 6.45) is -5.83. The predicted octanol–water partition coefficient (Wildman–Crippen LogP) is 1.22. The molecule has 0 rings (SSSR count). The Morgan fingerprint density at radius 2 is 2.00 bits per heavy atom. The molecule has 66 valence electrons. The number of rotatable bonds is 3. The quantitative estimate of drug-likeness (QED) is 0.495. The number of halogens is 3. The number of carbonyl (C=O) groups excluding carboxylic acids is 1. The summed E-state index contributed by atoms with van der Waals surface area (Å²) >= 11 is 0. The van der Waals surface area contributed by atoms with E-state index in [-0.39, 0.29) is 12.8 Å². The van der Waals surface area contributed by atoms with Crippen LogP contribution < -0.4 is 5.48 Å². The molecular formula is C5H8F3NO2. The molecule has 2 N–H and O–H groups in total. The van der Waals surface area contributed by atoms with E-state index in [1.165, 1.54) is 5.48 Å². The Morgan fingerprint density at radius 3 is 2.36 bits per heavy atom. The number of carbonyl (C=O) groups is 1. The maximum atomic E-state index is 11.4. The zero-order chi connectivity index (χ0) is 8.91. The maximum absolute atomic E-state index is 11.4. The summed E-state index contributed by atoms with van der Waals surface area (Å²) < 4.78 is 34.2. The van der Waals surface area contributed by atoms with Crippen LogP contribution in [-0.2, 0) is 4.79 Å². The molecule has 0 aromatic carbocycles. The average molecular weight is 171 g/mol. The van der Waals surface area contributed by atoms with Crippen molar-refractivity contribution in [2.45, 2.75) is 25.4 Å². The lowest BCUT2D eigenvalue weighted by atomic mass is 10.2. The molecule has 0 spiro atoms. The summed E-state index contributed by atoms with van der Waals surface area (Å²) in [4.78, 5) is 10.2. The largest absolute Gasteiger partial charge is 0.389 e. The fourth-order valence-electron chi connectivity index (χ4n) is 0.505. The van der Waals surface area contributed by atoms with Crippen molar-refractivity contribution in [3.63, 3.8) is 0 Å². The van der Waals surface area contributed by atoms with Gasteiger partial charge in [0.2, 0.25) is 5.91 Å². The third kappa shape index (κ3) is 7.11. The van der Waals surface area contributed by atoms with Crippen LogP contribution in [0.3, 0.4) is 0 Å². The van der Waals surface area contributed by atoms with Gasteiger partial charge in [-0.25, -0.2) is 5.48 Å². The van der Waals surface area contributed by atoms with Gasteiger partial charge in [-0.3, -0.25) is 10.0 Å². The van der Waals surface area contributed by atoms with E-state index >= 15 is 0 Å². The molecule has 0 saturated heterocycles. The first-order valence-corrected chi connectivity index (χ1v) is 2.95. The van der Waals surface area contributed by atoms with Crippen LogP contribution in [0.15, 0.2) is 0 Å². The Hall–Kier alpha value is -0.780. The standard InChI is InChI=1S/C5H8F3NO2/c6-5(7,8)3-1-2-4(10)9-11/h11H,1-3H2,(H,9,10). The zero-order valence-electron chi connectivity index (χ0n) is 5.61. The minimum absolute atomic E-state index is 0.296. The molecule has 0 saturated carbocycles. The predicted molar refractivity (Wildman–Crippen MR) is 29.8 cm³/mol. The number of hydrogen-bond acceptors (Lipinski definition) is 2. The second-order valence-corrected chi connectivity index (χ2v) is 2.00. The second-order valence-electron chi connectivity index (χ2n) is 2.00. The van der Waals surface area contributed by atoms with E-state index in [1.54, 1.807) is 0 Å². The Morgan fingerprint density at radius 1 is 1.45 bits per heavy atom. The van der Waals surface area contributed by atoms with Crippen molar-refractivity contribution in [1.82, 2.24) is 5.48 Å². The molecule has 0 atom stereocenters. The SMILES string of the molecule is O=C(CCCC(F)(F)F)NO. The van der Waals surface area contributed by atoms with Gasteiger partial charge in [-0.05, 0) is 6.42 Å². The van der Waals surface area contributed by atoms with Gasteiger partial charge in [0.1, 0.15) is 0 Å². The molecule has 0 radical (unpaired) electrons. The van der Waals surface area contributed by atoms with Crippen molar-refractivity contribution >= 4 is 5.91 Å². The Balaban J connectivity index is 3.35. The van der Waals surface area contributed by atoms with E-state index in [0.717, 1.165) is 0 Å². The second kappa shape index (κ2) is 4.17. The first kappa shape index (κ1) is 10.2. The molecule has 6 heteroatoms. The van der Waals surface area contributed by atoms with Crippen LogP contribution in [0.5, 0.6) is 0 Å². The molecule has 0 heterocycles. The molecule has 0 aliphatic heterocycles. The molecule has 0 bridgehead atoms. The molecule has 0 fully saturated rings. The van der Waals surface area contributed by atoms with Crippen LogP contribution in [0.2, 0.25) is 0 Å². The van der Waals surface area contributed by atoms with Gasteiger partial charge in [0.15, 0.2) is 0 Å². The first-order valence-electron chi connectivity index (χ1n) is 2.95. The molecule has 0 aliphatic rings. The smallest absolute Gasteiger partial charge is 0.289 e. The van der Waals surface area contributed by atoms with Crippen molar-refractivity contribution in [3.8, 4) is 0 Å². The van der Waals surface area contributed by atoms with E-state index in [1.807, 2.05) is 0 Å². The highest BCUT2D eigenvalue weighted by Crippen LogP contribution is 2.21. The van der Waals surface area contributed by atoms with Crippen LogP contribution in [0, 0.1) is 0 Å². The molecule has 0 aliphatic carbocycles. The van der Waals surface area contributed by atoms with E-state index < -0.39 is 18.5 Å². The van der Waals surface area contributed by atoms with Gasteiger partial charge in [-0.2, -0.15) is 13.2 Å². The molecule has 0 aromatic heterocycles. The summed E-state index contributed by atoms with van der Waals surface area (Å²) in [7, 11) is 0. The molecule has 11 heavy (non-hydrogen) atoms. The van der Waals surface area contributed by atoms with Crippen molar-refractivity contribution < 1.29 is 23.2 Å². The highest BCUT2D eigenvalue weighted by atomic mass is 19.4.